The Morgan fingerprint density at radius 3 is 1.13 bits per heavy atom. The van der Waals surface area contributed by atoms with E-state index in [2.05, 4.69) is 0 Å². The molecule has 0 amide bonds. The number of hydrogen-bond donors (Lipinski definition) is 0. The van der Waals surface area contributed by atoms with Gasteiger partial charge in [-0.25, -0.2) is 0 Å². The van der Waals surface area contributed by atoms with Gasteiger partial charge in [0.15, 0.2) is 0 Å². The predicted molar refractivity (Wildman–Crippen MR) is 148 cm³/mol. The quantitative estimate of drug-likeness (QED) is 0.230. The fourth-order valence-corrected chi connectivity index (χ4v) is 4.32. The van der Waals surface area contributed by atoms with Crippen LogP contribution in [-0.4, -0.2) is 18.0 Å². The fourth-order valence-electron chi connectivity index (χ4n) is 4.32. The van der Waals surface area contributed by atoms with Crippen LogP contribution in [0.15, 0.2) is 48.5 Å². The molecule has 0 aliphatic rings. The summed E-state index contributed by atoms with van der Waals surface area (Å²) in [6.45, 7) is 3.58. The SMILES string of the molecule is Cc1c(C(F)(F)C(C)(F)F)cccc1C(F)(F)C(F)(F)C(F)(F)F.Cc1cc(C(F)(F)F)cc(C(F)(F)F)c1C.Cc1ccc(C(F)(F)F)cc1C(F)(F)F. The first-order valence-corrected chi connectivity index (χ1v) is 14.2. The second kappa shape index (κ2) is 15.5. The van der Waals surface area contributed by atoms with Gasteiger partial charge in [0.2, 0.25) is 0 Å². The van der Waals surface area contributed by atoms with Crippen LogP contribution in [0.25, 0.3) is 0 Å². The number of aryl methyl sites for hydroxylation is 2. The van der Waals surface area contributed by atoms with Gasteiger partial charge in [-0.05, 0) is 74.2 Å². The molecule has 55 heavy (non-hydrogen) atoms. The van der Waals surface area contributed by atoms with Crippen molar-refractivity contribution >= 4 is 0 Å². The highest BCUT2D eigenvalue weighted by atomic mass is 19.4. The van der Waals surface area contributed by atoms with Crippen molar-refractivity contribution in [3.63, 3.8) is 0 Å². The minimum absolute atomic E-state index is 0.0258. The summed E-state index contributed by atoms with van der Waals surface area (Å²) in [7, 11) is 0. The Morgan fingerprint density at radius 2 is 0.764 bits per heavy atom. The van der Waals surface area contributed by atoms with Crippen LogP contribution in [0.1, 0.15) is 62.6 Å². The molecule has 3 aromatic carbocycles. The molecule has 3 aromatic rings. The van der Waals surface area contributed by atoms with Crippen LogP contribution in [0.3, 0.4) is 0 Å². The van der Waals surface area contributed by atoms with E-state index in [0.717, 1.165) is 19.9 Å². The summed E-state index contributed by atoms with van der Waals surface area (Å²) in [6.07, 6.45) is -25.7. The molecule has 0 heterocycles. The maximum Gasteiger partial charge on any atom is 0.460 e. The van der Waals surface area contributed by atoms with Crippen molar-refractivity contribution in [2.45, 2.75) is 89.2 Å². The summed E-state index contributed by atoms with van der Waals surface area (Å²) in [5.74, 6) is -22.4. The summed E-state index contributed by atoms with van der Waals surface area (Å²) in [4.78, 5) is 0. The lowest BCUT2D eigenvalue weighted by molar-refractivity contribution is -0.359. The lowest BCUT2D eigenvalue weighted by atomic mass is 9.90. The summed E-state index contributed by atoms with van der Waals surface area (Å²) in [6, 6.07) is 2.98. The topological polar surface area (TPSA) is 0 Å². The van der Waals surface area contributed by atoms with E-state index in [-0.39, 0.29) is 53.9 Å². The van der Waals surface area contributed by atoms with Crippen LogP contribution in [0, 0.1) is 27.7 Å². The van der Waals surface area contributed by atoms with Gasteiger partial charge in [-0.3, -0.25) is 0 Å². The van der Waals surface area contributed by atoms with E-state index in [1.54, 1.807) is 0 Å². The minimum Gasteiger partial charge on any atom is -0.200 e. The van der Waals surface area contributed by atoms with E-state index in [1.807, 2.05) is 0 Å². The first-order chi connectivity index (χ1) is 24.0. The predicted octanol–water partition coefficient (Wildman–Crippen LogP) is 14.4. The Bertz CT molecular complexity index is 1780. The summed E-state index contributed by atoms with van der Waals surface area (Å²) < 4.78 is 290. The zero-order valence-electron chi connectivity index (χ0n) is 27.8. The Morgan fingerprint density at radius 1 is 0.364 bits per heavy atom. The zero-order valence-corrected chi connectivity index (χ0v) is 27.8. The second-order valence-corrected chi connectivity index (χ2v) is 11.6. The van der Waals surface area contributed by atoms with Gasteiger partial charge in [0.25, 0.3) is 0 Å². The Hall–Kier alpha value is -3.95. The zero-order chi connectivity index (χ0) is 43.9. The Kier molecular flexibility index (Phi) is 13.9. The lowest BCUT2D eigenvalue weighted by Crippen LogP contribution is -2.50. The highest BCUT2D eigenvalue weighted by molar-refractivity contribution is 5.42. The van der Waals surface area contributed by atoms with Crippen LogP contribution in [0.5, 0.6) is 0 Å². The maximum atomic E-state index is 13.7. The molecular weight excluding hydrogens is 821 g/mol. The number of alkyl halides is 23. The van der Waals surface area contributed by atoms with Crippen molar-refractivity contribution < 1.29 is 101 Å². The molecular formula is C32H23F23. The van der Waals surface area contributed by atoms with E-state index in [1.165, 1.54) is 6.92 Å². The van der Waals surface area contributed by atoms with Gasteiger partial charge >= 0.3 is 54.6 Å². The average Bonchev–Trinajstić information content (AvgIpc) is 2.95. The normalized spacial score (nSPS) is 13.8. The largest absolute Gasteiger partial charge is 0.460 e. The molecule has 312 valence electrons. The molecule has 0 saturated carbocycles. The molecule has 23 heteroatoms. The van der Waals surface area contributed by atoms with Crippen LogP contribution < -0.4 is 0 Å². The molecule has 0 nitrogen and oxygen atoms in total. The van der Waals surface area contributed by atoms with Crippen molar-refractivity contribution in [3.05, 3.63) is 104 Å². The van der Waals surface area contributed by atoms with Gasteiger partial charge in [0.1, 0.15) is 0 Å². The van der Waals surface area contributed by atoms with E-state index in [0.29, 0.717) is 19.1 Å². The van der Waals surface area contributed by atoms with E-state index in [9.17, 15) is 101 Å². The van der Waals surface area contributed by atoms with Gasteiger partial charge in [0.05, 0.1) is 22.3 Å². The Balaban J connectivity index is 0.000000429. The Labute approximate surface area is 294 Å². The van der Waals surface area contributed by atoms with E-state index < -0.39 is 93.5 Å². The molecule has 0 radical (unpaired) electrons. The molecule has 0 bridgehead atoms. The molecule has 0 unspecified atom stereocenters. The van der Waals surface area contributed by atoms with Gasteiger partial charge in [-0.2, -0.15) is 101 Å². The third-order valence-corrected chi connectivity index (χ3v) is 7.48. The minimum atomic E-state index is -6.68. The molecule has 0 atom stereocenters. The highest BCUT2D eigenvalue weighted by Crippen LogP contribution is 2.54. The summed E-state index contributed by atoms with van der Waals surface area (Å²) >= 11 is 0. The summed E-state index contributed by atoms with van der Waals surface area (Å²) in [5, 5.41) is 0. The van der Waals surface area contributed by atoms with Crippen molar-refractivity contribution in [2.75, 3.05) is 0 Å². The van der Waals surface area contributed by atoms with Gasteiger partial charge < -0.3 is 0 Å². The third kappa shape index (κ3) is 11.1. The summed E-state index contributed by atoms with van der Waals surface area (Å²) in [5.41, 5.74) is -10.9. The van der Waals surface area contributed by atoms with Crippen LogP contribution in [0.4, 0.5) is 101 Å². The average molecular weight is 844 g/mol. The number of halogens is 23. The first kappa shape index (κ1) is 49.1. The maximum absolute atomic E-state index is 13.7. The third-order valence-electron chi connectivity index (χ3n) is 7.48. The van der Waals surface area contributed by atoms with Crippen LogP contribution in [0.2, 0.25) is 0 Å². The number of hydrogen-bond acceptors (Lipinski definition) is 0. The van der Waals surface area contributed by atoms with Crippen LogP contribution >= 0.6 is 0 Å². The van der Waals surface area contributed by atoms with Crippen molar-refractivity contribution in [1.82, 2.24) is 0 Å². The van der Waals surface area contributed by atoms with Gasteiger partial charge in [0, 0.05) is 18.1 Å². The van der Waals surface area contributed by atoms with Crippen molar-refractivity contribution in [1.29, 1.82) is 0 Å². The molecule has 0 aromatic heterocycles. The standard InChI is InChI=1S/C13H9F11.C10H8F6.C9H6F6/c1-6-7(10(16,17)9(2,14)15)4-3-5-8(6)11(18,19)12(20,21)13(22,23)24;1-5-3-7(9(11,12)13)4-8(6(5)2)10(14,15)16;1-5-2-3-6(8(10,11)12)4-7(5)9(13,14)15/h3-5H,1-2H3;3-4H,1-2H3;2-4H,1H3. The molecule has 0 aliphatic heterocycles. The first-order valence-electron chi connectivity index (χ1n) is 14.2. The second-order valence-electron chi connectivity index (χ2n) is 11.6. The van der Waals surface area contributed by atoms with Gasteiger partial charge in [-0.1, -0.05) is 24.3 Å². The monoisotopic (exact) mass is 844 g/mol. The molecule has 0 spiro atoms. The lowest BCUT2D eigenvalue weighted by Gasteiger charge is -2.31. The highest BCUT2D eigenvalue weighted by Gasteiger charge is 2.74. The van der Waals surface area contributed by atoms with E-state index >= 15 is 0 Å². The van der Waals surface area contributed by atoms with Crippen molar-refractivity contribution in [2.24, 2.45) is 0 Å². The van der Waals surface area contributed by atoms with Crippen LogP contribution in [-0.2, 0) is 36.6 Å². The molecule has 0 saturated heterocycles. The molecule has 0 aliphatic carbocycles. The smallest absolute Gasteiger partial charge is 0.200 e. The van der Waals surface area contributed by atoms with Gasteiger partial charge in [-0.15, -0.1) is 0 Å². The number of rotatable bonds is 4. The fraction of sp³-hybridized carbons (Fsp3) is 0.438. The molecule has 0 fully saturated rings. The van der Waals surface area contributed by atoms with E-state index in [4.69, 9.17) is 0 Å². The molecule has 3 rings (SSSR count). The number of benzene rings is 3. The molecule has 0 N–H and O–H groups in total. The van der Waals surface area contributed by atoms with Crippen molar-refractivity contribution in [3.8, 4) is 0 Å².